The Labute approximate surface area is 189 Å². The highest BCUT2D eigenvalue weighted by atomic mass is 19.4. The number of fused-ring (bicyclic) bond motifs is 1. The smallest absolute Gasteiger partial charge is 0.321 e. The minimum absolute atomic E-state index is 0.154. The number of para-hydroxylation sites is 1. The Hall–Kier alpha value is -3.74. The summed E-state index contributed by atoms with van der Waals surface area (Å²) in [4.78, 5) is 22.2. The molecular formula is C26H22F3N3O. The van der Waals surface area contributed by atoms with Crippen molar-refractivity contribution in [2.75, 3.05) is 5.32 Å². The predicted octanol–water partition coefficient (Wildman–Crippen LogP) is 6.77. The summed E-state index contributed by atoms with van der Waals surface area (Å²) in [6.07, 6.45) is -3.48. The van der Waals surface area contributed by atoms with E-state index in [0.29, 0.717) is 22.6 Å². The van der Waals surface area contributed by atoms with E-state index in [1.54, 1.807) is 18.2 Å². The quantitative estimate of drug-likeness (QED) is 0.366. The molecule has 1 aromatic heterocycles. The minimum Gasteiger partial charge on any atom is -0.321 e. The fourth-order valence-corrected chi connectivity index (χ4v) is 3.57. The van der Waals surface area contributed by atoms with Crippen molar-refractivity contribution in [1.82, 2.24) is 9.97 Å². The second kappa shape index (κ2) is 9.02. The maximum atomic E-state index is 13.0. The molecule has 168 valence electrons. The van der Waals surface area contributed by atoms with Crippen LogP contribution in [0.25, 0.3) is 22.3 Å². The molecule has 0 bridgehead atoms. The van der Waals surface area contributed by atoms with Crippen molar-refractivity contribution in [3.05, 3.63) is 89.6 Å². The molecule has 0 atom stereocenters. The molecule has 0 spiro atoms. The normalized spacial score (nSPS) is 11.7. The number of halogens is 3. The van der Waals surface area contributed by atoms with Crippen LogP contribution in [0.3, 0.4) is 0 Å². The predicted molar refractivity (Wildman–Crippen MR) is 123 cm³/mol. The van der Waals surface area contributed by atoms with Gasteiger partial charge in [0.1, 0.15) is 5.69 Å². The molecule has 1 N–H and O–H groups in total. The average molecular weight is 449 g/mol. The first-order valence-corrected chi connectivity index (χ1v) is 10.6. The van der Waals surface area contributed by atoms with Crippen molar-refractivity contribution in [3.63, 3.8) is 0 Å². The lowest BCUT2D eigenvalue weighted by atomic mass is 10.0. The molecule has 0 fully saturated rings. The van der Waals surface area contributed by atoms with Gasteiger partial charge >= 0.3 is 6.18 Å². The van der Waals surface area contributed by atoms with E-state index < -0.39 is 17.6 Å². The van der Waals surface area contributed by atoms with Crippen molar-refractivity contribution in [2.24, 2.45) is 5.92 Å². The summed E-state index contributed by atoms with van der Waals surface area (Å²) in [6.45, 7) is 4.31. The first-order valence-electron chi connectivity index (χ1n) is 10.6. The van der Waals surface area contributed by atoms with Gasteiger partial charge in [-0.2, -0.15) is 13.2 Å². The summed E-state index contributed by atoms with van der Waals surface area (Å²) in [6, 6.07) is 19.3. The van der Waals surface area contributed by atoms with E-state index in [-0.39, 0.29) is 11.4 Å². The third-order valence-corrected chi connectivity index (χ3v) is 5.14. The molecule has 0 radical (unpaired) electrons. The lowest BCUT2D eigenvalue weighted by molar-refractivity contribution is -0.137. The standard InChI is InChI=1S/C26H22F3N3O/c1-16(2)15-17-7-9-18(10-8-17)24-31-22-6-4-3-5-21(22)23(32-24)25(33)30-20-13-11-19(12-14-20)26(27,28)29/h3-14,16H,15H2,1-2H3,(H,30,33). The number of amides is 1. The Balaban J connectivity index is 1.67. The summed E-state index contributed by atoms with van der Waals surface area (Å²) >= 11 is 0. The van der Waals surface area contributed by atoms with Gasteiger partial charge in [-0.05, 0) is 48.2 Å². The van der Waals surface area contributed by atoms with Gasteiger partial charge in [0.25, 0.3) is 5.91 Å². The molecule has 4 rings (SSSR count). The molecule has 0 aliphatic heterocycles. The second-order valence-corrected chi connectivity index (χ2v) is 8.24. The fourth-order valence-electron chi connectivity index (χ4n) is 3.57. The van der Waals surface area contributed by atoms with Crippen molar-refractivity contribution >= 4 is 22.5 Å². The van der Waals surface area contributed by atoms with E-state index in [1.165, 1.54) is 17.7 Å². The van der Waals surface area contributed by atoms with Crippen LogP contribution in [0.4, 0.5) is 18.9 Å². The number of rotatable bonds is 5. The first kappa shape index (κ1) is 22.5. The maximum Gasteiger partial charge on any atom is 0.416 e. The van der Waals surface area contributed by atoms with Crippen LogP contribution in [0.5, 0.6) is 0 Å². The third-order valence-electron chi connectivity index (χ3n) is 5.14. The molecule has 33 heavy (non-hydrogen) atoms. The zero-order valence-corrected chi connectivity index (χ0v) is 18.1. The topological polar surface area (TPSA) is 54.9 Å². The average Bonchev–Trinajstić information content (AvgIpc) is 2.78. The Bertz CT molecular complexity index is 1280. The second-order valence-electron chi connectivity index (χ2n) is 8.24. The number of hydrogen-bond acceptors (Lipinski definition) is 3. The van der Waals surface area contributed by atoms with Gasteiger partial charge < -0.3 is 5.32 Å². The number of benzene rings is 3. The molecule has 4 nitrogen and oxygen atoms in total. The maximum absolute atomic E-state index is 13.0. The minimum atomic E-state index is -4.44. The van der Waals surface area contributed by atoms with E-state index in [2.05, 4.69) is 29.1 Å². The molecule has 0 unspecified atom stereocenters. The van der Waals surface area contributed by atoms with E-state index in [9.17, 15) is 18.0 Å². The number of nitrogens with one attached hydrogen (secondary N) is 1. The van der Waals surface area contributed by atoms with Crippen LogP contribution >= 0.6 is 0 Å². The van der Waals surface area contributed by atoms with Crippen LogP contribution in [-0.2, 0) is 12.6 Å². The Morgan fingerprint density at radius 1 is 0.909 bits per heavy atom. The van der Waals surface area contributed by atoms with Crippen LogP contribution in [0, 0.1) is 5.92 Å². The fraction of sp³-hybridized carbons (Fsp3) is 0.192. The Morgan fingerprint density at radius 2 is 1.58 bits per heavy atom. The Kier molecular flexibility index (Phi) is 6.14. The summed E-state index contributed by atoms with van der Waals surface area (Å²) < 4.78 is 38.4. The highest BCUT2D eigenvalue weighted by molar-refractivity contribution is 6.11. The largest absolute Gasteiger partial charge is 0.416 e. The molecule has 1 heterocycles. The molecule has 0 saturated carbocycles. The van der Waals surface area contributed by atoms with Gasteiger partial charge in [0.2, 0.25) is 0 Å². The number of carbonyl (C=O) groups excluding carboxylic acids is 1. The van der Waals surface area contributed by atoms with Gasteiger partial charge in [0.15, 0.2) is 5.82 Å². The third kappa shape index (κ3) is 5.19. The zero-order valence-electron chi connectivity index (χ0n) is 18.1. The molecule has 7 heteroatoms. The number of hydrogen-bond donors (Lipinski definition) is 1. The van der Waals surface area contributed by atoms with Crippen LogP contribution in [0.2, 0.25) is 0 Å². The van der Waals surface area contributed by atoms with Crippen molar-refractivity contribution in [3.8, 4) is 11.4 Å². The molecule has 0 saturated heterocycles. The highest BCUT2D eigenvalue weighted by Gasteiger charge is 2.30. The van der Waals surface area contributed by atoms with Gasteiger partial charge in [-0.3, -0.25) is 4.79 Å². The lowest BCUT2D eigenvalue weighted by Gasteiger charge is -2.11. The molecule has 1 amide bonds. The highest BCUT2D eigenvalue weighted by Crippen LogP contribution is 2.30. The summed E-state index contributed by atoms with van der Waals surface area (Å²) in [5.74, 6) is 0.418. The van der Waals surface area contributed by atoms with E-state index in [0.717, 1.165) is 24.1 Å². The SMILES string of the molecule is CC(C)Cc1ccc(-c2nc(C(=O)Nc3ccc(C(F)(F)F)cc3)c3ccccc3n2)cc1. The monoisotopic (exact) mass is 449 g/mol. The van der Waals surface area contributed by atoms with Gasteiger partial charge in [-0.15, -0.1) is 0 Å². The van der Waals surface area contributed by atoms with Crippen LogP contribution in [0.1, 0.15) is 35.5 Å². The molecule has 4 aromatic rings. The van der Waals surface area contributed by atoms with Crippen molar-refractivity contribution in [1.29, 1.82) is 0 Å². The van der Waals surface area contributed by atoms with Crippen molar-refractivity contribution in [2.45, 2.75) is 26.4 Å². The summed E-state index contributed by atoms with van der Waals surface area (Å²) in [5, 5.41) is 3.20. The van der Waals surface area contributed by atoms with Gasteiger partial charge in [0, 0.05) is 16.6 Å². The summed E-state index contributed by atoms with van der Waals surface area (Å²) in [7, 11) is 0. The van der Waals surface area contributed by atoms with Gasteiger partial charge in [0.05, 0.1) is 11.1 Å². The number of alkyl halides is 3. The zero-order chi connectivity index (χ0) is 23.6. The molecule has 0 aliphatic rings. The Morgan fingerprint density at radius 3 is 2.21 bits per heavy atom. The van der Waals surface area contributed by atoms with E-state index in [4.69, 9.17) is 0 Å². The van der Waals surface area contributed by atoms with E-state index in [1.807, 2.05) is 30.3 Å². The van der Waals surface area contributed by atoms with Crippen LogP contribution < -0.4 is 5.32 Å². The van der Waals surface area contributed by atoms with Gasteiger partial charge in [-0.25, -0.2) is 9.97 Å². The number of anilines is 1. The number of aromatic nitrogens is 2. The summed E-state index contributed by atoms with van der Waals surface area (Å²) in [5.41, 5.74) is 2.20. The van der Waals surface area contributed by atoms with Crippen LogP contribution in [0.15, 0.2) is 72.8 Å². The molecule has 0 aliphatic carbocycles. The molecule has 3 aromatic carbocycles. The van der Waals surface area contributed by atoms with E-state index >= 15 is 0 Å². The lowest BCUT2D eigenvalue weighted by Crippen LogP contribution is -2.15. The number of carbonyl (C=O) groups is 1. The molecular weight excluding hydrogens is 427 g/mol. The number of nitrogens with zero attached hydrogens (tertiary/aromatic N) is 2. The van der Waals surface area contributed by atoms with Crippen molar-refractivity contribution < 1.29 is 18.0 Å². The first-order chi connectivity index (χ1) is 15.7. The van der Waals surface area contributed by atoms with Crippen LogP contribution in [-0.4, -0.2) is 15.9 Å². The van der Waals surface area contributed by atoms with Gasteiger partial charge in [-0.1, -0.05) is 56.3 Å².